The number of rotatable bonds is 9. The van der Waals surface area contributed by atoms with Gasteiger partial charge in [-0.2, -0.15) is 13.2 Å². The zero-order valence-corrected chi connectivity index (χ0v) is 13.5. The molecule has 0 spiro atoms. The van der Waals surface area contributed by atoms with Gasteiger partial charge >= 0.3 is 6.18 Å². The summed E-state index contributed by atoms with van der Waals surface area (Å²) in [5.41, 5.74) is 0. The fraction of sp³-hybridized carbons (Fsp3) is 0.533. The molecule has 0 bridgehead atoms. The Hall–Kier alpha value is -2.00. The molecule has 9 heteroatoms. The Bertz CT molecular complexity index is 508. The third-order valence-corrected chi connectivity index (χ3v) is 2.92. The van der Waals surface area contributed by atoms with E-state index < -0.39 is 24.7 Å². The molecule has 0 aromatic heterocycles. The summed E-state index contributed by atoms with van der Waals surface area (Å²) in [5, 5.41) is 11.6. The molecule has 1 rings (SSSR count). The molecular formula is C15H21F3N2O4. The van der Waals surface area contributed by atoms with Crippen LogP contribution in [0.2, 0.25) is 0 Å². The molecule has 0 aliphatic heterocycles. The number of ether oxygens (including phenoxy) is 2. The van der Waals surface area contributed by atoms with Crippen LogP contribution in [0.4, 0.5) is 13.2 Å². The van der Waals surface area contributed by atoms with Crippen molar-refractivity contribution in [1.29, 1.82) is 0 Å². The van der Waals surface area contributed by atoms with Crippen molar-refractivity contribution >= 4 is 5.91 Å². The van der Waals surface area contributed by atoms with Crippen LogP contribution in [-0.4, -0.2) is 68.6 Å². The predicted octanol–water partition coefficient (Wildman–Crippen LogP) is 1.05. The van der Waals surface area contributed by atoms with Crippen LogP contribution >= 0.6 is 0 Å². The molecule has 1 aromatic carbocycles. The van der Waals surface area contributed by atoms with E-state index in [1.54, 1.807) is 36.7 Å². The van der Waals surface area contributed by atoms with Crippen molar-refractivity contribution < 1.29 is 32.5 Å². The van der Waals surface area contributed by atoms with Gasteiger partial charge in [-0.05, 0) is 31.3 Å². The molecule has 0 saturated carbocycles. The highest BCUT2D eigenvalue weighted by atomic mass is 19.4. The van der Waals surface area contributed by atoms with Crippen molar-refractivity contribution in [2.24, 2.45) is 0 Å². The molecule has 24 heavy (non-hydrogen) atoms. The molecule has 2 N–H and O–H groups in total. The van der Waals surface area contributed by atoms with E-state index in [2.05, 4.69) is 0 Å². The summed E-state index contributed by atoms with van der Waals surface area (Å²) in [7, 11) is 3.06. The minimum Gasteiger partial charge on any atom is -0.497 e. The minimum absolute atomic E-state index is 0.0131. The number of likely N-dealkylation sites (N-methyl/N-ethyl adjacent to an activating group) is 1. The topological polar surface area (TPSA) is 71.0 Å². The van der Waals surface area contributed by atoms with E-state index >= 15 is 0 Å². The zero-order chi connectivity index (χ0) is 18.2. The van der Waals surface area contributed by atoms with Gasteiger partial charge in [0.15, 0.2) is 0 Å². The van der Waals surface area contributed by atoms with E-state index in [4.69, 9.17) is 9.47 Å². The number of aliphatic hydroxyl groups is 1. The first-order valence-corrected chi connectivity index (χ1v) is 7.16. The maximum Gasteiger partial charge on any atom is 0.405 e. The van der Waals surface area contributed by atoms with Crippen LogP contribution in [0.5, 0.6) is 11.5 Å². The van der Waals surface area contributed by atoms with E-state index in [9.17, 15) is 23.1 Å². The van der Waals surface area contributed by atoms with Gasteiger partial charge in [-0.25, -0.2) is 0 Å². The molecule has 0 fully saturated rings. The number of nitrogens with zero attached hydrogens (tertiary/aromatic N) is 1. The molecule has 0 saturated heterocycles. The van der Waals surface area contributed by atoms with E-state index in [0.717, 1.165) is 0 Å². The number of hydrogen-bond donors (Lipinski definition) is 2. The van der Waals surface area contributed by atoms with Gasteiger partial charge in [0.25, 0.3) is 0 Å². The predicted molar refractivity (Wildman–Crippen MR) is 81.1 cm³/mol. The normalized spacial score (nSPS) is 12.8. The molecule has 1 atom stereocenters. The first-order chi connectivity index (χ1) is 11.2. The molecule has 1 unspecified atom stereocenters. The number of methoxy groups -OCH3 is 1. The van der Waals surface area contributed by atoms with Crippen molar-refractivity contribution in [3.63, 3.8) is 0 Å². The van der Waals surface area contributed by atoms with Gasteiger partial charge in [0.2, 0.25) is 5.91 Å². The summed E-state index contributed by atoms with van der Waals surface area (Å²) in [6, 6.07) is 6.78. The van der Waals surface area contributed by atoms with Crippen LogP contribution in [0.25, 0.3) is 0 Å². The average molecular weight is 350 g/mol. The lowest BCUT2D eigenvalue weighted by Crippen LogP contribution is -2.42. The third kappa shape index (κ3) is 8.59. The fourth-order valence-corrected chi connectivity index (χ4v) is 1.84. The molecule has 1 aromatic rings. The van der Waals surface area contributed by atoms with Crippen LogP contribution in [0, 0.1) is 0 Å². The lowest BCUT2D eigenvalue weighted by molar-refractivity contribution is -0.139. The Balaban J connectivity index is 2.27. The van der Waals surface area contributed by atoms with Gasteiger partial charge in [0, 0.05) is 6.54 Å². The molecular weight excluding hydrogens is 329 g/mol. The van der Waals surface area contributed by atoms with Crippen LogP contribution in [0.1, 0.15) is 0 Å². The summed E-state index contributed by atoms with van der Waals surface area (Å²) in [4.78, 5) is 12.8. The summed E-state index contributed by atoms with van der Waals surface area (Å²) in [6.45, 7) is -1.56. The number of benzene rings is 1. The van der Waals surface area contributed by atoms with Crippen LogP contribution in [0.15, 0.2) is 24.3 Å². The number of amides is 1. The molecule has 0 heterocycles. The van der Waals surface area contributed by atoms with Gasteiger partial charge < -0.3 is 19.9 Å². The number of halogens is 3. The van der Waals surface area contributed by atoms with Gasteiger partial charge in [0.1, 0.15) is 30.8 Å². The van der Waals surface area contributed by atoms with Crippen molar-refractivity contribution in [2.45, 2.75) is 12.3 Å². The molecule has 0 radical (unpaired) electrons. The van der Waals surface area contributed by atoms with E-state index in [0.29, 0.717) is 11.5 Å². The highest BCUT2D eigenvalue weighted by Gasteiger charge is 2.27. The molecule has 1 amide bonds. The van der Waals surface area contributed by atoms with Crippen LogP contribution in [0.3, 0.4) is 0 Å². The standard InChI is InChI=1S/C15H21F3N2O4/c1-20(8-14(22)19-10-15(16,17)18)7-11(21)9-24-13-5-3-12(23-2)4-6-13/h3-6,11,21H,7-10H2,1-2H3,(H,19,22). The van der Waals surface area contributed by atoms with Gasteiger partial charge in [0.05, 0.1) is 13.7 Å². The summed E-state index contributed by atoms with van der Waals surface area (Å²) >= 11 is 0. The highest BCUT2D eigenvalue weighted by molar-refractivity contribution is 5.78. The van der Waals surface area contributed by atoms with Gasteiger partial charge in [-0.3, -0.25) is 9.69 Å². The molecule has 6 nitrogen and oxygen atoms in total. The Morgan fingerprint density at radius 2 is 1.88 bits per heavy atom. The van der Waals surface area contributed by atoms with Crippen molar-refractivity contribution in [2.75, 3.05) is 40.4 Å². The highest BCUT2D eigenvalue weighted by Crippen LogP contribution is 2.17. The Labute approximate surface area is 138 Å². The van der Waals surface area contributed by atoms with Crippen LogP contribution < -0.4 is 14.8 Å². The number of alkyl halides is 3. The van der Waals surface area contributed by atoms with E-state index in [-0.39, 0.29) is 19.7 Å². The average Bonchev–Trinajstić information content (AvgIpc) is 2.50. The Morgan fingerprint density at radius 3 is 2.42 bits per heavy atom. The fourth-order valence-electron chi connectivity index (χ4n) is 1.84. The SMILES string of the molecule is COc1ccc(OCC(O)CN(C)CC(=O)NCC(F)(F)F)cc1. The maximum atomic E-state index is 12.0. The second-order valence-corrected chi connectivity index (χ2v) is 5.23. The number of hydrogen-bond acceptors (Lipinski definition) is 5. The van der Waals surface area contributed by atoms with Crippen LogP contribution in [-0.2, 0) is 4.79 Å². The first kappa shape index (κ1) is 20.0. The lowest BCUT2D eigenvalue weighted by Gasteiger charge is -2.20. The van der Waals surface area contributed by atoms with Gasteiger partial charge in [-0.15, -0.1) is 0 Å². The first-order valence-electron chi connectivity index (χ1n) is 7.16. The Morgan fingerprint density at radius 1 is 1.29 bits per heavy atom. The molecule has 0 aliphatic carbocycles. The monoisotopic (exact) mass is 350 g/mol. The summed E-state index contributed by atoms with van der Waals surface area (Å²) < 4.78 is 46.3. The largest absolute Gasteiger partial charge is 0.497 e. The van der Waals surface area contributed by atoms with Crippen molar-refractivity contribution in [3.05, 3.63) is 24.3 Å². The smallest absolute Gasteiger partial charge is 0.405 e. The third-order valence-electron chi connectivity index (χ3n) is 2.92. The van der Waals surface area contributed by atoms with Crippen molar-refractivity contribution in [1.82, 2.24) is 10.2 Å². The van der Waals surface area contributed by atoms with E-state index in [1.807, 2.05) is 0 Å². The molecule has 136 valence electrons. The summed E-state index contributed by atoms with van der Waals surface area (Å²) in [6.07, 6.45) is -5.34. The molecule has 0 aliphatic rings. The number of aliphatic hydroxyl groups excluding tert-OH is 1. The minimum atomic E-state index is -4.44. The zero-order valence-electron chi connectivity index (χ0n) is 13.5. The van der Waals surface area contributed by atoms with Crippen molar-refractivity contribution in [3.8, 4) is 11.5 Å². The quantitative estimate of drug-likeness (QED) is 0.697. The Kier molecular flexibility index (Phi) is 7.80. The number of carbonyl (C=O) groups excluding carboxylic acids is 1. The number of nitrogens with one attached hydrogen (secondary N) is 1. The summed E-state index contributed by atoms with van der Waals surface area (Å²) in [5.74, 6) is 0.450. The van der Waals surface area contributed by atoms with Gasteiger partial charge in [-0.1, -0.05) is 0 Å². The van der Waals surface area contributed by atoms with E-state index in [1.165, 1.54) is 11.9 Å². The lowest BCUT2D eigenvalue weighted by atomic mass is 10.3. The maximum absolute atomic E-state index is 12.0. The second kappa shape index (κ2) is 9.33. The second-order valence-electron chi connectivity index (χ2n) is 5.23. The number of carbonyl (C=O) groups is 1.